The topological polar surface area (TPSA) is 18.5 Å². The van der Waals surface area contributed by atoms with Gasteiger partial charge < -0.3 is 9.47 Å². The Morgan fingerprint density at radius 2 is 1.62 bits per heavy atom. The molecule has 3 atom stereocenters. The first-order valence-corrected chi connectivity index (χ1v) is 9.01. The fourth-order valence-corrected chi connectivity index (χ4v) is 5.06. The lowest BCUT2D eigenvalue weighted by molar-refractivity contribution is -0.201. The third-order valence-electron chi connectivity index (χ3n) is 5.89. The van der Waals surface area contributed by atoms with Crippen molar-refractivity contribution in [1.29, 1.82) is 0 Å². The summed E-state index contributed by atoms with van der Waals surface area (Å²) >= 11 is 0. The monoisotopic (exact) mass is 318 g/mol. The van der Waals surface area contributed by atoms with E-state index in [1.165, 1.54) is 36.0 Å². The van der Waals surface area contributed by atoms with Gasteiger partial charge >= 0.3 is 0 Å². The summed E-state index contributed by atoms with van der Waals surface area (Å²) in [4.78, 5) is 0. The zero-order chi connectivity index (χ0) is 16.0. The Morgan fingerprint density at radius 3 is 2.42 bits per heavy atom. The molecule has 0 N–H and O–H groups in total. The molecule has 2 aromatic rings. The first-order valence-electron chi connectivity index (χ1n) is 9.01. The van der Waals surface area contributed by atoms with Crippen LogP contribution in [0.1, 0.15) is 30.4 Å². The lowest BCUT2D eigenvalue weighted by Crippen LogP contribution is -2.50. The molecule has 2 nitrogen and oxygen atoms in total. The summed E-state index contributed by atoms with van der Waals surface area (Å²) < 4.78 is 13.0. The van der Waals surface area contributed by atoms with Crippen molar-refractivity contribution >= 4 is 5.57 Å². The van der Waals surface area contributed by atoms with Crippen LogP contribution in [-0.4, -0.2) is 19.3 Å². The SMILES string of the molecule is c1ccc(C2=C3CCCC3C3(c4ccccc4)OCCOC23)cc1. The molecule has 1 saturated heterocycles. The Balaban J connectivity index is 1.72. The van der Waals surface area contributed by atoms with Crippen molar-refractivity contribution in [3.05, 3.63) is 77.4 Å². The van der Waals surface area contributed by atoms with Gasteiger partial charge in [0.25, 0.3) is 0 Å². The summed E-state index contributed by atoms with van der Waals surface area (Å²) in [5.41, 5.74) is 5.19. The van der Waals surface area contributed by atoms with Gasteiger partial charge in [0.2, 0.25) is 0 Å². The van der Waals surface area contributed by atoms with Gasteiger partial charge in [-0.2, -0.15) is 0 Å². The first-order chi connectivity index (χ1) is 11.9. The number of fused-ring (bicyclic) bond motifs is 3. The van der Waals surface area contributed by atoms with Crippen molar-refractivity contribution in [1.82, 2.24) is 0 Å². The Morgan fingerprint density at radius 1 is 0.875 bits per heavy atom. The van der Waals surface area contributed by atoms with Crippen LogP contribution >= 0.6 is 0 Å². The maximum Gasteiger partial charge on any atom is 0.130 e. The van der Waals surface area contributed by atoms with Crippen molar-refractivity contribution in [3.63, 3.8) is 0 Å². The molecular weight excluding hydrogens is 296 g/mol. The largest absolute Gasteiger partial charge is 0.368 e. The quantitative estimate of drug-likeness (QED) is 0.808. The molecular formula is C22H22O2. The number of rotatable bonds is 2. The van der Waals surface area contributed by atoms with Crippen molar-refractivity contribution in [2.24, 2.45) is 5.92 Å². The van der Waals surface area contributed by atoms with Gasteiger partial charge in [-0.15, -0.1) is 0 Å². The van der Waals surface area contributed by atoms with Crippen molar-refractivity contribution in [3.8, 4) is 0 Å². The number of benzene rings is 2. The second-order valence-corrected chi connectivity index (χ2v) is 7.01. The average Bonchev–Trinajstić information content (AvgIpc) is 3.23. The first kappa shape index (κ1) is 14.4. The number of hydrogen-bond donors (Lipinski definition) is 0. The summed E-state index contributed by atoms with van der Waals surface area (Å²) in [6, 6.07) is 21.5. The van der Waals surface area contributed by atoms with Crippen LogP contribution in [0, 0.1) is 5.92 Å². The Kier molecular flexibility index (Phi) is 3.36. The third kappa shape index (κ3) is 1.90. The summed E-state index contributed by atoms with van der Waals surface area (Å²) in [5.74, 6) is 0.445. The van der Waals surface area contributed by atoms with E-state index in [4.69, 9.17) is 9.47 Å². The molecule has 1 heterocycles. The molecule has 2 fully saturated rings. The van der Waals surface area contributed by atoms with E-state index >= 15 is 0 Å². The predicted molar refractivity (Wildman–Crippen MR) is 94.5 cm³/mol. The molecule has 5 rings (SSSR count). The van der Waals surface area contributed by atoms with E-state index in [0.29, 0.717) is 19.1 Å². The summed E-state index contributed by atoms with van der Waals surface area (Å²) in [6.07, 6.45) is 3.63. The Hall–Kier alpha value is -1.90. The number of hydrogen-bond acceptors (Lipinski definition) is 2. The molecule has 122 valence electrons. The molecule has 0 bridgehead atoms. The standard InChI is InChI=1S/C22H22O2/c1-3-8-16(9-4-1)20-18-12-7-13-19(18)22(17-10-5-2-6-11-17)21(20)23-14-15-24-22/h1-6,8-11,19,21H,7,12-15H2. The van der Waals surface area contributed by atoms with Crippen molar-refractivity contribution in [2.75, 3.05) is 13.2 Å². The maximum absolute atomic E-state index is 6.57. The molecule has 2 heteroatoms. The van der Waals surface area contributed by atoms with Crippen molar-refractivity contribution in [2.45, 2.75) is 31.0 Å². The van der Waals surface area contributed by atoms with E-state index in [1.54, 1.807) is 5.57 Å². The summed E-state index contributed by atoms with van der Waals surface area (Å²) in [7, 11) is 0. The van der Waals surface area contributed by atoms with E-state index in [1.807, 2.05) is 0 Å². The van der Waals surface area contributed by atoms with Crippen LogP contribution in [0.4, 0.5) is 0 Å². The minimum Gasteiger partial charge on any atom is -0.368 e. The predicted octanol–water partition coefficient (Wildman–Crippen LogP) is 4.56. The second kappa shape index (κ2) is 5.58. The van der Waals surface area contributed by atoms with E-state index in [9.17, 15) is 0 Å². The molecule has 0 radical (unpaired) electrons. The van der Waals surface area contributed by atoms with Crippen LogP contribution in [0.25, 0.3) is 5.57 Å². The molecule has 3 aliphatic rings. The molecule has 1 aliphatic heterocycles. The lowest BCUT2D eigenvalue weighted by atomic mass is 9.78. The molecule has 24 heavy (non-hydrogen) atoms. The van der Waals surface area contributed by atoms with Crippen molar-refractivity contribution < 1.29 is 9.47 Å². The highest BCUT2D eigenvalue weighted by molar-refractivity contribution is 5.78. The normalized spacial score (nSPS) is 31.8. The summed E-state index contributed by atoms with van der Waals surface area (Å²) in [6.45, 7) is 1.35. The molecule has 0 aromatic heterocycles. The van der Waals surface area contributed by atoms with Crippen LogP contribution in [0.2, 0.25) is 0 Å². The van der Waals surface area contributed by atoms with Crippen LogP contribution in [0.5, 0.6) is 0 Å². The van der Waals surface area contributed by atoms with E-state index in [0.717, 1.165) is 0 Å². The highest BCUT2D eigenvalue weighted by atomic mass is 16.6. The van der Waals surface area contributed by atoms with E-state index in [2.05, 4.69) is 60.7 Å². The second-order valence-electron chi connectivity index (χ2n) is 7.01. The zero-order valence-corrected chi connectivity index (χ0v) is 13.8. The fourth-order valence-electron chi connectivity index (χ4n) is 5.06. The maximum atomic E-state index is 6.57. The smallest absolute Gasteiger partial charge is 0.130 e. The van der Waals surface area contributed by atoms with Crippen LogP contribution in [0.15, 0.2) is 66.2 Å². The minimum absolute atomic E-state index is 0.0105. The molecule has 2 aliphatic carbocycles. The lowest BCUT2D eigenvalue weighted by Gasteiger charge is -2.44. The molecule has 0 amide bonds. The van der Waals surface area contributed by atoms with E-state index < -0.39 is 0 Å². The number of ether oxygens (including phenoxy) is 2. The van der Waals surface area contributed by atoms with Gasteiger partial charge in [0.15, 0.2) is 0 Å². The zero-order valence-electron chi connectivity index (χ0n) is 13.8. The molecule has 3 unspecified atom stereocenters. The minimum atomic E-state index is -0.337. The van der Waals surface area contributed by atoms with Gasteiger partial charge in [0.05, 0.1) is 13.2 Å². The molecule has 1 saturated carbocycles. The van der Waals surface area contributed by atoms with Gasteiger partial charge in [0, 0.05) is 5.92 Å². The summed E-state index contributed by atoms with van der Waals surface area (Å²) in [5, 5.41) is 0. The molecule has 0 spiro atoms. The van der Waals surface area contributed by atoms with E-state index in [-0.39, 0.29) is 11.7 Å². The Bertz CT molecular complexity index is 765. The van der Waals surface area contributed by atoms with Gasteiger partial charge in [-0.1, -0.05) is 66.2 Å². The van der Waals surface area contributed by atoms with Crippen LogP contribution in [-0.2, 0) is 15.1 Å². The van der Waals surface area contributed by atoms with Gasteiger partial charge in [-0.05, 0) is 36.0 Å². The van der Waals surface area contributed by atoms with Gasteiger partial charge in [-0.3, -0.25) is 0 Å². The fraction of sp³-hybridized carbons (Fsp3) is 0.364. The van der Waals surface area contributed by atoms with Gasteiger partial charge in [-0.25, -0.2) is 0 Å². The average molecular weight is 318 g/mol. The Labute approximate surface area is 143 Å². The van der Waals surface area contributed by atoms with Crippen LogP contribution < -0.4 is 0 Å². The highest BCUT2D eigenvalue weighted by Gasteiger charge is 2.59. The third-order valence-corrected chi connectivity index (χ3v) is 5.89. The molecule has 2 aromatic carbocycles. The van der Waals surface area contributed by atoms with Gasteiger partial charge in [0.1, 0.15) is 11.7 Å². The highest BCUT2D eigenvalue weighted by Crippen LogP contribution is 2.60. The van der Waals surface area contributed by atoms with Crippen LogP contribution in [0.3, 0.4) is 0 Å².